The summed E-state index contributed by atoms with van der Waals surface area (Å²) in [5.41, 5.74) is 5.76. The molecular weight excluding hydrogens is 312 g/mol. The Morgan fingerprint density at radius 3 is 2.00 bits per heavy atom. The summed E-state index contributed by atoms with van der Waals surface area (Å²) in [6.45, 7) is 4.32. The molecule has 120 valence electrons. The highest BCUT2D eigenvalue weighted by molar-refractivity contribution is 7.90. The van der Waals surface area contributed by atoms with Crippen molar-refractivity contribution in [2.75, 3.05) is 12.8 Å². The van der Waals surface area contributed by atoms with Crippen LogP contribution in [0.25, 0.3) is 0 Å². The van der Waals surface area contributed by atoms with Crippen LogP contribution in [0.1, 0.15) is 37.0 Å². The maximum Gasteiger partial charge on any atom is 0.251 e. The summed E-state index contributed by atoms with van der Waals surface area (Å²) < 4.78 is 22.7. The van der Waals surface area contributed by atoms with E-state index in [4.69, 9.17) is 5.73 Å². The summed E-state index contributed by atoms with van der Waals surface area (Å²) in [7, 11) is -3.25. The van der Waals surface area contributed by atoms with Gasteiger partial charge >= 0.3 is 0 Å². The Kier molecular flexibility index (Phi) is 7.36. The largest absolute Gasteiger partial charge is 0.345 e. The van der Waals surface area contributed by atoms with Gasteiger partial charge in [0.2, 0.25) is 0 Å². The molecule has 0 saturated carbocycles. The first kappa shape index (κ1) is 19.9. The molecule has 1 aromatic rings. The molecule has 0 bridgehead atoms. The summed E-state index contributed by atoms with van der Waals surface area (Å²) in [4.78, 5) is 12.4. The van der Waals surface area contributed by atoms with Crippen LogP contribution >= 0.6 is 12.4 Å². The van der Waals surface area contributed by atoms with Crippen LogP contribution in [0.2, 0.25) is 0 Å². The smallest absolute Gasteiger partial charge is 0.251 e. The highest BCUT2D eigenvalue weighted by atomic mass is 35.5. The molecule has 7 heteroatoms. The van der Waals surface area contributed by atoms with E-state index in [2.05, 4.69) is 5.32 Å². The molecule has 0 aliphatic rings. The van der Waals surface area contributed by atoms with Gasteiger partial charge in [0.25, 0.3) is 5.91 Å². The molecule has 0 spiro atoms. The maximum absolute atomic E-state index is 12.2. The van der Waals surface area contributed by atoms with Crippen LogP contribution in [0.5, 0.6) is 0 Å². The molecule has 1 aromatic carbocycles. The molecule has 3 N–H and O–H groups in total. The molecule has 5 nitrogen and oxygen atoms in total. The molecule has 0 aromatic heterocycles. The number of hydrogen-bond donors (Lipinski definition) is 2. The maximum atomic E-state index is 12.2. The zero-order chi connectivity index (χ0) is 15.4. The number of hydrogen-bond acceptors (Lipinski definition) is 4. The van der Waals surface area contributed by atoms with E-state index in [0.717, 1.165) is 19.1 Å². The van der Waals surface area contributed by atoms with Gasteiger partial charge in [0.15, 0.2) is 9.84 Å². The number of nitrogens with two attached hydrogens (primary N) is 1. The van der Waals surface area contributed by atoms with Gasteiger partial charge in [-0.25, -0.2) is 8.42 Å². The van der Waals surface area contributed by atoms with Gasteiger partial charge in [0.05, 0.1) is 10.4 Å². The zero-order valence-electron chi connectivity index (χ0n) is 12.5. The topological polar surface area (TPSA) is 89.3 Å². The van der Waals surface area contributed by atoms with E-state index in [1.807, 2.05) is 13.8 Å². The van der Waals surface area contributed by atoms with Gasteiger partial charge in [0, 0.05) is 18.4 Å². The summed E-state index contributed by atoms with van der Waals surface area (Å²) in [5, 5.41) is 2.94. The Hall–Kier alpha value is -1.11. The van der Waals surface area contributed by atoms with Crippen molar-refractivity contribution in [3.63, 3.8) is 0 Å². The first-order chi connectivity index (χ1) is 9.28. The molecule has 0 radical (unpaired) electrons. The number of nitrogens with one attached hydrogen (secondary N) is 1. The lowest BCUT2D eigenvalue weighted by Crippen LogP contribution is -2.52. The van der Waals surface area contributed by atoms with Gasteiger partial charge in [-0.05, 0) is 37.1 Å². The van der Waals surface area contributed by atoms with Crippen LogP contribution < -0.4 is 11.1 Å². The van der Waals surface area contributed by atoms with E-state index in [1.165, 1.54) is 24.3 Å². The first-order valence-corrected chi connectivity index (χ1v) is 8.50. The highest BCUT2D eigenvalue weighted by Gasteiger charge is 2.26. The fourth-order valence-corrected chi connectivity index (χ4v) is 2.56. The number of amides is 1. The summed E-state index contributed by atoms with van der Waals surface area (Å²) in [6.07, 6.45) is 2.62. The number of carbonyl (C=O) groups is 1. The van der Waals surface area contributed by atoms with Crippen molar-refractivity contribution in [1.29, 1.82) is 0 Å². The molecule has 0 heterocycles. The SMILES string of the molecule is CCC(CC)(CN)NC(=O)c1ccc(S(C)(=O)=O)cc1.Cl. The molecule has 0 unspecified atom stereocenters. The molecule has 21 heavy (non-hydrogen) atoms. The second kappa shape index (κ2) is 7.77. The molecule has 0 aliphatic carbocycles. The van der Waals surface area contributed by atoms with Crippen molar-refractivity contribution in [1.82, 2.24) is 5.32 Å². The van der Waals surface area contributed by atoms with E-state index in [1.54, 1.807) is 0 Å². The summed E-state index contributed by atoms with van der Waals surface area (Å²) >= 11 is 0. The molecule has 1 rings (SSSR count). The zero-order valence-corrected chi connectivity index (χ0v) is 14.2. The fraction of sp³-hybridized carbons (Fsp3) is 0.500. The summed E-state index contributed by atoms with van der Waals surface area (Å²) in [6, 6.07) is 5.90. The molecule has 0 aliphatic heterocycles. The van der Waals surface area contributed by atoms with Gasteiger partial charge in [-0.2, -0.15) is 0 Å². The molecular formula is C14H23ClN2O3S. The van der Waals surface area contributed by atoms with E-state index in [9.17, 15) is 13.2 Å². The molecule has 1 amide bonds. The van der Waals surface area contributed by atoms with Gasteiger partial charge in [-0.15, -0.1) is 12.4 Å². The predicted molar refractivity (Wildman–Crippen MR) is 86.6 cm³/mol. The third-order valence-electron chi connectivity index (χ3n) is 3.67. The van der Waals surface area contributed by atoms with Crippen LogP contribution in [0.4, 0.5) is 0 Å². The lowest BCUT2D eigenvalue weighted by Gasteiger charge is -2.31. The number of sulfone groups is 1. The van der Waals surface area contributed by atoms with Crippen molar-refractivity contribution >= 4 is 28.2 Å². The van der Waals surface area contributed by atoms with Crippen molar-refractivity contribution in [2.24, 2.45) is 5.73 Å². The minimum absolute atomic E-state index is 0. The normalized spacial score (nSPS) is 11.6. The highest BCUT2D eigenvalue weighted by Crippen LogP contribution is 2.15. The lowest BCUT2D eigenvalue weighted by molar-refractivity contribution is 0.0895. The van der Waals surface area contributed by atoms with Crippen LogP contribution in [0.15, 0.2) is 29.2 Å². The third kappa shape index (κ3) is 4.98. The Morgan fingerprint density at radius 2 is 1.67 bits per heavy atom. The second-order valence-electron chi connectivity index (χ2n) is 4.94. The van der Waals surface area contributed by atoms with Crippen molar-refractivity contribution in [3.05, 3.63) is 29.8 Å². The summed E-state index contributed by atoms with van der Waals surface area (Å²) in [5.74, 6) is -0.237. The minimum Gasteiger partial charge on any atom is -0.345 e. The van der Waals surface area contributed by atoms with E-state index >= 15 is 0 Å². The Labute approximate surface area is 132 Å². The van der Waals surface area contributed by atoms with Crippen LogP contribution in [0, 0.1) is 0 Å². The third-order valence-corrected chi connectivity index (χ3v) is 4.80. The standard InChI is InChI=1S/C14H22N2O3S.ClH/c1-4-14(5-2,10-15)16-13(17)11-6-8-12(9-7-11)20(3,18)19;/h6-9H,4-5,10,15H2,1-3H3,(H,16,17);1H. The van der Waals surface area contributed by atoms with Crippen LogP contribution in [-0.4, -0.2) is 32.7 Å². The van der Waals surface area contributed by atoms with Gasteiger partial charge in [-0.1, -0.05) is 13.8 Å². The quantitative estimate of drug-likeness (QED) is 0.829. The van der Waals surface area contributed by atoms with Gasteiger partial charge < -0.3 is 11.1 Å². The van der Waals surface area contributed by atoms with Crippen molar-refractivity contribution < 1.29 is 13.2 Å². The monoisotopic (exact) mass is 334 g/mol. The van der Waals surface area contributed by atoms with E-state index in [-0.39, 0.29) is 23.2 Å². The van der Waals surface area contributed by atoms with Crippen molar-refractivity contribution in [2.45, 2.75) is 37.1 Å². The van der Waals surface area contributed by atoms with Crippen LogP contribution in [-0.2, 0) is 9.84 Å². The van der Waals surface area contributed by atoms with Gasteiger partial charge in [-0.3, -0.25) is 4.79 Å². The number of carbonyl (C=O) groups excluding carboxylic acids is 1. The Bertz CT molecular complexity index is 558. The average Bonchev–Trinajstić information content (AvgIpc) is 2.44. The van der Waals surface area contributed by atoms with Crippen molar-refractivity contribution in [3.8, 4) is 0 Å². The average molecular weight is 335 g/mol. The van der Waals surface area contributed by atoms with Gasteiger partial charge in [0.1, 0.15) is 0 Å². The lowest BCUT2D eigenvalue weighted by atomic mass is 9.92. The van der Waals surface area contributed by atoms with E-state index in [0.29, 0.717) is 12.1 Å². The molecule has 0 saturated heterocycles. The first-order valence-electron chi connectivity index (χ1n) is 6.60. The molecule has 0 atom stereocenters. The van der Waals surface area contributed by atoms with Crippen LogP contribution in [0.3, 0.4) is 0 Å². The Morgan fingerprint density at radius 1 is 1.19 bits per heavy atom. The number of rotatable bonds is 6. The number of halogens is 1. The Balaban J connectivity index is 0.00000400. The second-order valence-corrected chi connectivity index (χ2v) is 6.96. The minimum atomic E-state index is -3.25. The fourth-order valence-electron chi connectivity index (χ4n) is 1.93. The predicted octanol–water partition coefficient (Wildman–Crippen LogP) is 1.76. The number of benzene rings is 1. The van der Waals surface area contributed by atoms with E-state index < -0.39 is 15.4 Å². The molecule has 0 fully saturated rings.